The Hall–Kier alpha value is -2.06. The Morgan fingerprint density at radius 3 is 2.44 bits per heavy atom. The highest BCUT2D eigenvalue weighted by Crippen LogP contribution is 2.31. The molecule has 0 radical (unpaired) electrons. The van der Waals surface area contributed by atoms with Crippen LogP contribution in [0.25, 0.3) is 21.8 Å². The van der Waals surface area contributed by atoms with Gasteiger partial charge in [-0.1, -0.05) is 36.4 Å². The van der Waals surface area contributed by atoms with Gasteiger partial charge in [0.2, 0.25) is 10.0 Å². The number of thiazole rings is 1. The smallest absolute Gasteiger partial charge is 0.241 e. The molecule has 3 rings (SSSR count). The molecule has 3 N–H and O–H groups in total. The van der Waals surface area contributed by atoms with Gasteiger partial charge in [-0.05, 0) is 38.5 Å². The van der Waals surface area contributed by atoms with Crippen LogP contribution in [0.1, 0.15) is 26.3 Å². The average Bonchev–Trinajstić information content (AvgIpc) is 3.10. The molecule has 7 heteroatoms. The molecule has 1 aromatic heterocycles. The summed E-state index contributed by atoms with van der Waals surface area (Å²) >= 11 is 1.55. The topological polar surface area (TPSA) is 85.1 Å². The van der Waals surface area contributed by atoms with Gasteiger partial charge in [0.1, 0.15) is 5.01 Å². The molecule has 0 fully saturated rings. The van der Waals surface area contributed by atoms with Crippen molar-refractivity contribution in [3.8, 4) is 21.8 Å². The zero-order valence-electron chi connectivity index (χ0n) is 15.6. The molecule has 0 bridgehead atoms. The molecule has 0 atom stereocenters. The molecule has 0 unspecified atom stereocenters. The molecule has 0 saturated carbocycles. The van der Waals surface area contributed by atoms with Gasteiger partial charge in [0.15, 0.2) is 0 Å². The second kappa shape index (κ2) is 7.52. The van der Waals surface area contributed by atoms with Gasteiger partial charge in [-0.15, -0.1) is 11.3 Å². The summed E-state index contributed by atoms with van der Waals surface area (Å²) in [6, 6.07) is 15.0. The predicted octanol–water partition coefficient (Wildman–Crippen LogP) is 4.01. The lowest BCUT2D eigenvalue weighted by Gasteiger charge is -2.21. The van der Waals surface area contributed by atoms with E-state index in [1.165, 1.54) is 0 Å². The first-order chi connectivity index (χ1) is 12.7. The lowest BCUT2D eigenvalue weighted by molar-refractivity contribution is 0.491. The SMILES string of the molecule is CC(C)(C)NS(=O)(=O)c1ccc(-c2csc(-c3ccccc3)n2)c(CN)c1. The van der Waals surface area contributed by atoms with E-state index in [0.717, 1.165) is 27.4 Å². The fourth-order valence-electron chi connectivity index (χ4n) is 2.73. The summed E-state index contributed by atoms with van der Waals surface area (Å²) in [7, 11) is -3.61. The minimum Gasteiger partial charge on any atom is -0.326 e. The highest BCUT2D eigenvalue weighted by atomic mass is 32.2. The Kier molecular flexibility index (Phi) is 5.48. The van der Waals surface area contributed by atoms with Crippen LogP contribution >= 0.6 is 11.3 Å². The van der Waals surface area contributed by atoms with Crippen LogP contribution in [0.2, 0.25) is 0 Å². The van der Waals surface area contributed by atoms with Gasteiger partial charge in [0, 0.05) is 28.6 Å². The Bertz CT molecular complexity index is 1040. The number of rotatable bonds is 5. The molecule has 0 spiro atoms. The number of nitrogens with two attached hydrogens (primary N) is 1. The number of nitrogens with one attached hydrogen (secondary N) is 1. The van der Waals surface area contributed by atoms with Crippen molar-refractivity contribution >= 4 is 21.4 Å². The minimum absolute atomic E-state index is 0.208. The molecule has 0 aliphatic heterocycles. The van der Waals surface area contributed by atoms with Crippen LogP contribution in [0, 0.1) is 0 Å². The summed E-state index contributed by atoms with van der Waals surface area (Å²) in [6.45, 7) is 5.65. The standard InChI is InChI=1S/C20H23N3O2S2/c1-20(2,3)23-27(24,25)16-9-10-17(15(11-16)12-21)18-13-26-19(22-18)14-7-5-4-6-8-14/h4-11,13,23H,12,21H2,1-3H3. The summed E-state index contributed by atoms with van der Waals surface area (Å²) < 4.78 is 27.8. The van der Waals surface area contributed by atoms with Gasteiger partial charge in [-0.25, -0.2) is 18.1 Å². The summed E-state index contributed by atoms with van der Waals surface area (Å²) in [6.07, 6.45) is 0. The van der Waals surface area contributed by atoms with Crippen LogP contribution in [0.3, 0.4) is 0 Å². The third-order valence-electron chi connectivity index (χ3n) is 3.85. The Morgan fingerprint density at radius 2 is 1.81 bits per heavy atom. The van der Waals surface area contributed by atoms with E-state index >= 15 is 0 Å². The van der Waals surface area contributed by atoms with Crippen molar-refractivity contribution in [3.63, 3.8) is 0 Å². The fraction of sp³-hybridized carbons (Fsp3) is 0.250. The van der Waals surface area contributed by atoms with Gasteiger partial charge >= 0.3 is 0 Å². The predicted molar refractivity (Wildman–Crippen MR) is 111 cm³/mol. The van der Waals surface area contributed by atoms with Crippen molar-refractivity contribution in [1.82, 2.24) is 9.71 Å². The highest BCUT2D eigenvalue weighted by molar-refractivity contribution is 7.89. The summed E-state index contributed by atoms with van der Waals surface area (Å²) in [5.74, 6) is 0. The van der Waals surface area contributed by atoms with Crippen molar-refractivity contribution in [2.24, 2.45) is 5.73 Å². The Balaban J connectivity index is 1.98. The molecule has 0 aliphatic carbocycles. The Labute approximate surface area is 164 Å². The van der Waals surface area contributed by atoms with Gasteiger partial charge in [0.25, 0.3) is 0 Å². The number of hydrogen-bond acceptors (Lipinski definition) is 5. The number of sulfonamides is 1. The molecule has 0 aliphatic rings. The fourth-order valence-corrected chi connectivity index (χ4v) is 5.02. The van der Waals surface area contributed by atoms with E-state index < -0.39 is 15.6 Å². The maximum Gasteiger partial charge on any atom is 0.241 e. The molecule has 0 saturated heterocycles. The average molecular weight is 402 g/mol. The third-order valence-corrected chi connectivity index (χ3v) is 6.50. The molecular formula is C20H23N3O2S2. The van der Waals surface area contributed by atoms with E-state index in [1.807, 2.05) is 56.5 Å². The second-order valence-corrected chi connectivity index (χ2v) is 9.82. The van der Waals surface area contributed by atoms with E-state index in [0.29, 0.717) is 0 Å². The zero-order chi connectivity index (χ0) is 19.7. The van der Waals surface area contributed by atoms with E-state index in [1.54, 1.807) is 29.5 Å². The van der Waals surface area contributed by atoms with Gasteiger partial charge < -0.3 is 5.73 Å². The second-order valence-electron chi connectivity index (χ2n) is 7.28. The number of benzene rings is 2. The maximum absolute atomic E-state index is 12.6. The summed E-state index contributed by atoms with van der Waals surface area (Å²) in [5.41, 5.74) is 8.80. The van der Waals surface area contributed by atoms with Crippen molar-refractivity contribution in [1.29, 1.82) is 0 Å². The largest absolute Gasteiger partial charge is 0.326 e. The first-order valence-corrected chi connectivity index (χ1v) is 10.9. The Morgan fingerprint density at radius 1 is 1.11 bits per heavy atom. The molecule has 1 heterocycles. The van der Waals surface area contributed by atoms with Crippen LogP contribution in [-0.4, -0.2) is 18.9 Å². The van der Waals surface area contributed by atoms with Gasteiger partial charge in [-0.3, -0.25) is 0 Å². The van der Waals surface area contributed by atoms with Crippen molar-refractivity contribution < 1.29 is 8.42 Å². The van der Waals surface area contributed by atoms with E-state index in [-0.39, 0.29) is 11.4 Å². The molecule has 142 valence electrons. The first kappa shape index (κ1) is 19.7. The van der Waals surface area contributed by atoms with Crippen molar-refractivity contribution in [2.75, 3.05) is 0 Å². The summed E-state index contributed by atoms with van der Waals surface area (Å²) in [5, 5.41) is 2.89. The van der Waals surface area contributed by atoms with Crippen LogP contribution in [0.4, 0.5) is 0 Å². The van der Waals surface area contributed by atoms with E-state index in [4.69, 9.17) is 10.7 Å². The number of aromatic nitrogens is 1. The van der Waals surface area contributed by atoms with Crippen molar-refractivity contribution in [3.05, 3.63) is 59.5 Å². The molecular weight excluding hydrogens is 378 g/mol. The van der Waals surface area contributed by atoms with Crippen LogP contribution in [0.15, 0.2) is 58.8 Å². The zero-order valence-corrected chi connectivity index (χ0v) is 17.2. The monoisotopic (exact) mass is 401 g/mol. The normalized spacial score (nSPS) is 12.3. The quantitative estimate of drug-likeness (QED) is 0.676. The molecule has 2 aromatic carbocycles. The van der Waals surface area contributed by atoms with E-state index in [2.05, 4.69) is 4.72 Å². The van der Waals surface area contributed by atoms with Gasteiger partial charge in [-0.2, -0.15) is 0 Å². The summed E-state index contributed by atoms with van der Waals surface area (Å²) in [4.78, 5) is 4.92. The van der Waals surface area contributed by atoms with Crippen LogP contribution in [-0.2, 0) is 16.6 Å². The molecule has 5 nitrogen and oxygen atoms in total. The molecule has 3 aromatic rings. The lowest BCUT2D eigenvalue weighted by Crippen LogP contribution is -2.40. The van der Waals surface area contributed by atoms with Crippen LogP contribution < -0.4 is 10.5 Å². The molecule has 27 heavy (non-hydrogen) atoms. The minimum atomic E-state index is -3.61. The maximum atomic E-state index is 12.6. The third kappa shape index (κ3) is 4.62. The lowest BCUT2D eigenvalue weighted by atomic mass is 10.1. The van der Waals surface area contributed by atoms with E-state index in [9.17, 15) is 8.42 Å². The molecule has 0 amide bonds. The van der Waals surface area contributed by atoms with Gasteiger partial charge in [0.05, 0.1) is 10.6 Å². The number of nitrogens with zero attached hydrogens (tertiary/aromatic N) is 1. The van der Waals surface area contributed by atoms with Crippen LogP contribution in [0.5, 0.6) is 0 Å². The number of hydrogen-bond donors (Lipinski definition) is 2. The first-order valence-electron chi connectivity index (χ1n) is 8.58. The van der Waals surface area contributed by atoms with Crippen molar-refractivity contribution in [2.45, 2.75) is 37.8 Å². The highest BCUT2D eigenvalue weighted by Gasteiger charge is 2.23.